The molecule has 3 rings (SSSR count). The fourth-order valence-corrected chi connectivity index (χ4v) is 20.6. The van der Waals surface area contributed by atoms with E-state index in [2.05, 4.69) is 60.3 Å². The van der Waals surface area contributed by atoms with Gasteiger partial charge in [0.2, 0.25) is 0 Å². The standard InChI is InChI=1S/C14H11N4.3C4H9.Sn/c15-10-6-7-13-12(8-10)14(17-9-16-13)18-11-4-2-1-3-5-11;3*1-3-4-2;/h1-2,4-9H,15H2,(H,16,17,18);3*1,3-4H2,2H3;. The molecule has 2 aromatic carbocycles. The van der Waals surface area contributed by atoms with Gasteiger partial charge < -0.3 is 0 Å². The summed E-state index contributed by atoms with van der Waals surface area (Å²) in [7, 11) is 0. The molecule has 0 saturated carbocycles. The van der Waals surface area contributed by atoms with Crippen LogP contribution < -0.4 is 14.6 Å². The molecule has 0 aliphatic carbocycles. The number of hydrogen-bond donors (Lipinski definition) is 2. The van der Waals surface area contributed by atoms with Gasteiger partial charge in [-0.25, -0.2) is 0 Å². The molecule has 31 heavy (non-hydrogen) atoms. The molecule has 0 aliphatic rings. The average Bonchev–Trinajstić information content (AvgIpc) is 2.79. The van der Waals surface area contributed by atoms with E-state index in [0.717, 1.165) is 28.1 Å². The number of benzene rings is 2. The number of unbranched alkanes of at least 4 members (excludes halogenated alkanes) is 3. The van der Waals surface area contributed by atoms with Crippen molar-refractivity contribution in [2.75, 3.05) is 11.1 Å². The van der Waals surface area contributed by atoms with Crippen molar-refractivity contribution in [3.8, 4) is 0 Å². The van der Waals surface area contributed by atoms with Gasteiger partial charge in [-0.15, -0.1) is 0 Å². The van der Waals surface area contributed by atoms with Gasteiger partial charge in [0, 0.05) is 0 Å². The Morgan fingerprint density at radius 3 is 2.16 bits per heavy atom. The van der Waals surface area contributed by atoms with Crippen molar-refractivity contribution < 1.29 is 0 Å². The zero-order valence-corrected chi connectivity index (χ0v) is 22.3. The predicted octanol–water partition coefficient (Wildman–Crippen LogP) is 7.01. The van der Waals surface area contributed by atoms with Crippen molar-refractivity contribution in [1.29, 1.82) is 0 Å². The Labute approximate surface area is 191 Å². The van der Waals surface area contributed by atoms with Crippen molar-refractivity contribution in [1.82, 2.24) is 9.97 Å². The molecule has 0 radical (unpaired) electrons. The Bertz CT molecular complexity index is 951. The summed E-state index contributed by atoms with van der Waals surface area (Å²) in [5.74, 6) is 0.825. The molecule has 166 valence electrons. The van der Waals surface area contributed by atoms with Crippen LogP contribution in [0.25, 0.3) is 10.9 Å². The molecule has 0 amide bonds. The molecule has 4 nitrogen and oxygen atoms in total. The molecule has 0 fully saturated rings. The number of fused-ring (bicyclic) bond motifs is 1. The van der Waals surface area contributed by atoms with Crippen LogP contribution in [-0.4, -0.2) is 28.3 Å². The summed E-state index contributed by atoms with van der Waals surface area (Å²) in [5, 5.41) is 4.55. The number of hydrogen-bond acceptors (Lipinski definition) is 4. The summed E-state index contributed by atoms with van der Waals surface area (Å²) >= 11 is -2.46. The van der Waals surface area contributed by atoms with E-state index in [-0.39, 0.29) is 0 Å². The first-order valence-corrected chi connectivity index (χ1v) is 19.5. The molecule has 0 aliphatic heterocycles. The fraction of sp³-hybridized carbons (Fsp3) is 0.462. The van der Waals surface area contributed by atoms with E-state index in [9.17, 15) is 0 Å². The van der Waals surface area contributed by atoms with E-state index in [0.29, 0.717) is 0 Å². The van der Waals surface area contributed by atoms with E-state index in [1.165, 1.54) is 51.8 Å². The molecule has 5 heteroatoms. The zero-order chi connectivity index (χ0) is 22.1. The number of nitrogens with one attached hydrogen (secondary N) is 1. The van der Waals surface area contributed by atoms with Crippen molar-refractivity contribution >= 4 is 50.1 Å². The number of nitrogens with two attached hydrogens (primary N) is 1. The summed E-state index contributed by atoms with van der Waals surface area (Å²) in [6, 6.07) is 15.1. The third-order valence-corrected chi connectivity index (χ3v) is 22.0. The van der Waals surface area contributed by atoms with Crippen LogP contribution in [0.2, 0.25) is 13.3 Å². The molecule has 3 aromatic rings. The molecule has 0 spiro atoms. The van der Waals surface area contributed by atoms with E-state index >= 15 is 0 Å². The quantitative estimate of drug-likeness (QED) is 0.197. The van der Waals surface area contributed by atoms with Crippen molar-refractivity contribution in [2.45, 2.75) is 72.6 Å². The molecule has 3 N–H and O–H groups in total. The average molecular weight is 525 g/mol. The van der Waals surface area contributed by atoms with Gasteiger partial charge >= 0.3 is 192 Å². The second kappa shape index (κ2) is 11.7. The van der Waals surface area contributed by atoms with Crippen LogP contribution >= 0.6 is 0 Å². The minimum absolute atomic E-state index is 0.730. The number of nitrogen functional groups attached to an aromatic ring is 1. The van der Waals surface area contributed by atoms with Crippen molar-refractivity contribution in [3.63, 3.8) is 0 Å². The first kappa shape index (κ1) is 23.8. The summed E-state index contributed by atoms with van der Waals surface area (Å²) in [6.45, 7) is 7.00. The number of aromatic nitrogens is 2. The van der Waals surface area contributed by atoms with Gasteiger partial charge in [0.15, 0.2) is 0 Å². The molecule has 0 bridgehead atoms. The van der Waals surface area contributed by atoms with Crippen LogP contribution in [-0.2, 0) is 0 Å². The Hall–Kier alpha value is -1.82. The monoisotopic (exact) mass is 526 g/mol. The first-order chi connectivity index (χ1) is 15.1. The van der Waals surface area contributed by atoms with E-state index in [4.69, 9.17) is 5.73 Å². The van der Waals surface area contributed by atoms with E-state index in [1.807, 2.05) is 18.2 Å². The minimum atomic E-state index is -2.46. The maximum atomic E-state index is 6.03. The van der Waals surface area contributed by atoms with E-state index in [1.54, 1.807) is 9.91 Å². The van der Waals surface area contributed by atoms with Gasteiger partial charge in [-0.3, -0.25) is 0 Å². The summed E-state index contributed by atoms with van der Waals surface area (Å²) in [5.41, 5.74) is 8.80. The van der Waals surface area contributed by atoms with Crippen molar-refractivity contribution in [3.05, 3.63) is 48.8 Å². The molecule has 1 heterocycles. The van der Waals surface area contributed by atoms with Gasteiger partial charge in [0.05, 0.1) is 0 Å². The summed E-state index contributed by atoms with van der Waals surface area (Å²) < 4.78 is 6.10. The Kier molecular flexibility index (Phi) is 9.00. The van der Waals surface area contributed by atoms with Crippen molar-refractivity contribution in [2.24, 2.45) is 0 Å². The van der Waals surface area contributed by atoms with Crippen LogP contribution in [0.5, 0.6) is 0 Å². The molecule has 1 aromatic heterocycles. The van der Waals surface area contributed by atoms with Gasteiger partial charge in [-0.1, -0.05) is 0 Å². The van der Waals surface area contributed by atoms with E-state index < -0.39 is 18.4 Å². The first-order valence-electron chi connectivity index (χ1n) is 12.0. The van der Waals surface area contributed by atoms with Gasteiger partial charge in [0.25, 0.3) is 0 Å². The summed E-state index contributed by atoms with van der Waals surface area (Å²) in [4.78, 5) is 8.91. The molecule has 0 saturated heterocycles. The Morgan fingerprint density at radius 1 is 0.839 bits per heavy atom. The maximum absolute atomic E-state index is 6.03. The van der Waals surface area contributed by atoms with Gasteiger partial charge in [-0.2, -0.15) is 0 Å². The Balaban J connectivity index is 1.96. The number of rotatable bonds is 12. The van der Waals surface area contributed by atoms with Crippen LogP contribution in [0.4, 0.5) is 17.2 Å². The molecular weight excluding hydrogens is 487 g/mol. The van der Waals surface area contributed by atoms with Crippen LogP contribution in [0.3, 0.4) is 0 Å². The molecule has 0 atom stereocenters. The summed E-state index contributed by atoms with van der Waals surface area (Å²) in [6.07, 6.45) is 9.62. The molecular formula is C26H38N4Sn. The second-order valence-corrected chi connectivity index (χ2v) is 22.0. The fourth-order valence-electron chi connectivity index (χ4n) is 4.59. The Morgan fingerprint density at radius 2 is 1.52 bits per heavy atom. The predicted molar refractivity (Wildman–Crippen MR) is 138 cm³/mol. The third kappa shape index (κ3) is 6.12. The van der Waals surface area contributed by atoms with Crippen LogP contribution in [0.15, 0.2) is 48.8 Å². The SMILES string of the molecule is CCC[CH2][Sn]([CH2]CCC)([CH2]CCC)[c]1cccc(Nc2ncnc3ccc(N)cc23)c1. The zero-order valence-electron chi connectivity index (χ0n) is 19.5. The number of nitrogens with zero attached hydrogens (tertiary/aromatic N) is 2. The second-order valence-electron chi connectivity index (χ2n) is 8.80. The van der Waals surface area contributed by atoms with Gasteiger partial charge in [-0.05, 0) is 0 Å². The van der Waals surface area contributed by atoms with Gasteiger partial charge in [0.1, 0.15) is 0 Å². The third-order valence-electron chi connectivity index (χ3n) is 6.42. The van der Waals surface area contributed by atoms with Crippen LogP contribution in [0, 0.1) is 0 Å². The normalized spacial score (nSPS) is 11.7. The topological polar surface area (TPSA) is 63.8 Å². The number of anilines is 3. The molecule has 0 unspecified atom stereocenters. The van der Waals surface area contributed by atoms with Crippen LogP contribution in [0.1, 0.15) is 59.3 Å².